The van der Waals surface area contributed by atoms with Crippen LogP contribution in [-0.4, -0.2) is 20.3 Å². The maximum atomic E-state index is 14.3. The number of aromatic nitrogens is 3. The van der Waals surface area contributed by atoms with E-state index in [4.69, 9.17) is 11.6 Å². The number of hydrogen-bond donors (Lipinski definition) is 1. The van der Waals surface area contributed by atoms with Gasteiger partial charge in [-0.05, 0) is 42.0 Å². The number of carbonyl (C=O) groups excluding carboxylic acids is 1. The zero-order valence-corrected chi connectivity index (χ0v) is 19.7. The first-order chi connectivity index (χ1) is 17.5. The van der Waals surface area contributed by atoms with Crippen molar-refractivity contribution in [1.82, 2.24) is 19.7 Å². The molecule has 37 heavy (non-hydrogen) atoms. The van der Waals surface area contributed by atoms with Gasteiger partial charge in [-0.15, -0.1) is 5.10 Å². The second-order valence-electron chi connectivity index (χ2n) is 8.00. The smallest absolute Gasteiger partial charge is 0.350 e. The van der Waals surface area contributed by atoms with Crippen LogP contribution in [0.25, 0.3) is 11.4 Å². The summed E-state index contributed by atoms with van der Waals surface area (Å²) >= 11 is 5.94. The Bertz CT molecular complexity index is 1500. The van der Waals surface area contributed by atoms with Gasteiger partial charge in [-0.1, -0.05) is 41.9 Å². The molecule has 12 heteroatoms. The molecule has 3 aromatic carbocycles. The second kappa shape index (κ2) is 10.6. The number of alkyl halides is 3. The maximum absolute atomic E-state index is 14.3. The van der Waals surface area contributed by atoms with E-state index < -0.39 is 53.6 Å². The number of carbonyl (C=O) groups is 1. The van der Waals surface area contributed by atoms with Gasteiger partial charge in [0.25, 0.3) is 0 Å². The van der Waals surface area contributed by atoms with Crippen LogP contribution in [0.1, 0.15) is 16.7 Å². The van der Waals surface area contributed by atoms with Gasteiger partial charge in [-0.25, -0.2) is 18.3 Å². The number of rotatable bonds is 7. The number of nitrogens with zero attached hydrogens (tertiary/aromatic N) is 3. The Morgan fingerprint density at radius 3 is 2.24 bits per heavy atom. The molecule has 0 saturated carbocycles. The number of benzene rings is 3. The Balaban J connectivity index is 1.61. The van der Waals surface area contributed by atoms with Crippen molar-refractivity contribution in [3.8, 4) is 11.4 Å². The minimum absolute atomic E-state index is 0.127. The van der Waals surface area contributed by atoms with E-state index in [9.17, 15) is 31.5 Å². The zero-order valence-electron chi connectivity index (χ0n) is 18.9. The fourth-order valence-electron chi connectivity index (χ4n) is 3.72. The lowest BCUT2D eigenvalue weighted by atomic mass is 10.1. The van der Waals surface area contributed by atoms with E-state index >= 15 is 0 Å². The highest BCUT2D eigenvalue weighted by Gasteiger charge is 2.36. The molecule has 1 aromatic heterocycles. The summed E-state index contributed by atoms with van der Waals surface area (Å²) in [5.41, 5.74) is -2.03. The lowest BCUT2D eigenvalue weighted by Crippen LogP contribution is -2.34. The van der Waals surface area contributed by atoms with Crippen LogP contribution in [0.2, 0.25) is 5.02 Å². The van der Waals surface area contributed by atoms with Crippen molar-refractivity contribution < 1.29 is 26.7 Å². The van der Waals surface area contributed by atoms with Gasteiger partial charge in [-0.2, -0.15) is 13.2 Å². The summed E-state index contributed by atoms with van der Waals surface area (Å²) in [5.74, 6) is -2.72. The van der Waals surface area contributed by atoms with Crippen LogP contribution in [0, 0.1) is 11.6 Å². The van der Waals surface area contributed by atoms with E-state index in [0.29, 0.717) is 16.7 Å². The summed E-state index contributed by atoms with van der Waals surface area (Å²) in [6, 6.07) is 15.0. The summed E-state index contributed by atoms with van der Waals surface area (Å²) in [6.45, 7) is -1.45. The predicted octanol–water partition coefficient (Wildman–Crippen LogP) is 5.03. The Morgan fingerprint density at radius 1 is 0.919 bits per heavy atom. The van der Waals surface area contributed by atoms with Gasteiger partial charge in [0, 0.05) is 22.7 Å². The Morgan fingerprint density at radius 2 is 1.57 bits per heavy atom. The molecule has 0 bridgehead atoms. The molecule has 0 aliphatic rings. The molecule has 0 fully saturated rings. The molecule has 6 nitrogen and oxygen atoms in total. The van der Waals surface area contributed by atoms with Crippen molar-refractivity contribution in [2.45, 2.75) is 25.8 Å². The molecule has 0 spiro atoms. The quantitative estimate of drug-likeness (QED) is 0.337. The van der Waals surface area contributed by atoms with Crippen molar-refractivity contribution in [2.24, 2.45) is 0 Å². The average molecular weight is 537 g/mol. The van der Waals surface area contributed by atoms with Crippen molar-refractivity contribution in [2.75, 3.05) is 0 Å². The van der Waals surface area contributed by atoms with Crippen molar-refractivity contribution >= 4 is 17.5 Å². The minimum atomic E-state index is -4.96. The van der Waals surface area contributed by atoms with Gasteiger partial charge in [0.1, 0.15) is 18.2 Å². The molecule has 192 valence electrons. The van der Waals surface area contributed by atoms with Crippen molar-refractivity contribution in [3.63, 3.8) is 0 Å². The molecule has 0 unspecified atom stereocenters. The summed E-state index contributed by atoms with van der Waals surface area (Å²) < 4.78 is 69.7. The summed E-state index contributed by atoms with van der Waals surface area (Å²) in [7, 11) is 0. The van der Waals surface area contributed by atoms with Gasteiger partial charge in [0.15, 0.2) is 5.82 Å². The van der Waals surface area contributed by atoms with Crippen LogP contribution in [0.15, 0.2) is 71.5 Å². The van der Waals surface area contributed by atoms with E-state index in [2.05, 4.69) is 10.4 Å². The monoisotopic (exact) mass is 536 g/mol. The Kier molecular flexibility index (Phi) is 7.44. The first-order valence-corrected chi connectivity index (χ1v) is 11.2. The minimum Gasteiger partial charge on any atom is -0.350 e. The van der Waals surface area contributed by atoms with Crippen LogP contribution in [0.5, 0.6) is 0 Å². The molecule has 0 atom stereocenters. The molecule has 4 rings (SSSR count). The van der Waals surface area contributed by atoms with Crippen molar-refractivity contribution in [3.05, 3.63) is 111 Å². The molecular weight excluding hydrogens is 519 g/mol. The molecule has 1 heterocycles. The van der Waals surface area contributed by atoms with Crippen LogP contribution < -0.4 is 11.0 Å². The summed E-state index contributed by atoms with van der Waals surface area (Å²) in [4.78, 5) is 25.6. The highest BCUT2D eigenvalue weighted by atomic mass is 35.5. The Labute approximate surface area is 211 Å². The Hall–Kier alpha value is -3.99. The van der Waals surface area contributed by atoms with Gasteiger partial charge in [0.2, 0.25) is 5.91 Å². The van der Waals surface area contributed by atoms with Crippen LogP contribution in [0.3, 0.4) is 0 Å². The van der Waals surface area contributed by atoms with Crippen molar-refractivity contribution in [1.29, 1.82) is 0 Å². The number of amides is 1. The lowest BCUT2D eigenvalue weighted by Gasteiger charge is -2.14. The predicted molar refractivity (Wildman–Crippen MR) is 126 cm³/mol. The van der Waals surface area contributed by atoms with Gasteiger partial charge in [0.05, 0.1) is 12.1 Å². The standard InChI is InChI=1S/C25H18ClF5N4O2/c26-18-10-8-15(9-11-18)23-33-35(24(37)34(23)13-17-4-1-2-6-19(17)27)14-21(36)32-12-16-5-3-7-20(28)22(16)25(29,30)31/h1-11H,12-14H2,(H,32,36). The van der Waals surface area contributed by atoms with E-state index in [1.54, 1.807) is 30.3 Å². The molecule has 0 aliphatic heterocycles. The third-order valence-corrected chi connectivity index (χ3v) is 5.72. The van der Waals surface area contributed by atoms with Gasteiger partial charge < -0.3 is 5.32 Å². The topological polar surface area (TPSA) is 68.9 Å². The second-order valence-corrected chi connectivity index (χ2v) is 8.43. The van der Waals surface area contributed by atoms with Crippen LogP contribution >= 0.6 is 11.6 Å². The largest absolute Gasteiger partial charge is 0.419 e. The third-order valence-electron chi connectivity index (χ3n) is 5.46. The number of hydrogen-bond acceptors (Lipinski definition) is 3. The molecule has 1 N–H and O–H groups in total. The first-order valence-electron chi connectivity index (χ1n) is 10.8. The zero-order chi connectivity index (χ0) is 26.7. The highest BCUT2D eigenvalue weighted by molar-refractivity contribution is 6.30. The molecule has 0 radical (unpaired) electrons. The van der Waals surface area contributed by atoms with E-state index in [1.807, 2.05) is 0 Å². The highest BCUT2D eigenvalue weighted by Crippen LogP contribution is 2.34. The maximum Gasteiger partial charge on any atom is 0.419 e. The molecule has 0 aliphatic carbocycles. The number of halogens is 6. The molecule has 4 aromatic rings. The normalized spacial score (nSPS) is 11.5. The summed E-state index contributed by atoms with van der Waals surface area (Å²) in [5, 5.41) is 6.89. The molecule has 0 saturated heterocycles. The van der Waals surface area contributed by atoms with E-state index in [-0.39, 0.29) is 17.9 Å². The third kappa shape index (κ3) is 5.88. The van der Waals surface area contributed by atoms with E-state index in [1.165, 1.54) is 22.8 Å². The first kappa shape index (κ1) is 26.1. The van der Waals surface area contributed by atoms with Gasteiger partial charge in [-0.3, -0.25) is 9.36 Å². The summed E-state index contributed by atoms with van der Waals surface area (Å²) in [6.07, 6.45) is -4.96. The van der Waals surface area contributed by atoms with E-state index in [0.717, 1.165) is 16.8 Å². The molecular formula is C25H18ClF5N4O2. The molecule has 1 amide bonds. The number of nitrogens with one attached hydrogen (secondary N) is 1. The fraction of sp³-hybridized carbons (Fsp3) is 0.160. The average Bonchev–Trinajstić information content (AvgIpc) is 3.13. The van der Waals surface area contributed by atoms with Gasteiger partial charge >= 0.3 is 11.9 Å². The SMILES string of the molecule is O=C(Cn1nc(-c2ccc(Cl)cc2)n(Cc2ccccc2F)c1=O)NCc1cccc(F)c1C(F)(F)F. The van der Waals surface area contributed by atoms with Crippen LogP contribution in [0.4, 0.5) is 22.0 Å². The lowest BCUT2D eigenvalue weighted by molar-refractivity contribution is -0.141. The fourth-order valence-corrected chi connectivity index (χ4v) is 3.84. The van der Waals surface area contributed by atoms with Crippen LogP contribution in [-0.2, 0) is 30.6 Å².